The lowest BCUT2D eigenvalue weighted by Gasteiger charge is -2.33. The minimum Gasteiger partial charge on any atom is -0.494 e. The summed E-state index contributed by atoms with van der Waals surface area (Å²) in [5, 5.41) is 29.8. The molecule has 0 heterocycles. The molecule has 5 atom stereocenters. The molecule has 1 unspecified atom stereocenters. The number of carbonyl (C=O) groups excluding carboxylic acids is 1. The van der Waals surface area contributed by atoms with Gasteiger partial charge in [-0.2, -0.15) is 0 Å². The Hall–Kier alpha value is -1.63. The van der Waals surface area contributed by atoms with E-state index in [0.717, 1.165) is 18.4 Å². The van der Waals surface area contributed by atoms with Gasteiger partial charge in [0.25, 0.3) is 0 Å². The Morgan fingerprint density at radius 2 is 1.83 bits per heavy atom. The number of carbonyl (C=O) groups is 1. The summed E-state index contributed by atoms with van der Waals surface area (Å²) in [5.74, 6) is -0.292. The highest BCUT2D eigenvalue weighted by atomic mass is 16.5. The van der Waals surface area contributed by atoms with Gasteiger partial charge in [-0.25, -0.2) is 0 Å². The average Bonchev–Trinajstić information content (AvgIpc) is 2.69. The third-order valence-corrected chi connectivity index (χ3v) is 5.92. The van der Waals surface area contributed by atoms with Crippen LogP contribution in [0.15, 0.2) is 34.8 Å². The fourth-order valence-electron chi connectivity index (χ4n) is 3.94. The van der Waals surface area contributed by atoms with E-state index in [1.165, 1.54) is 19.8 Å². The lowest BCUT2D eigenvalue weighted by molar-refractivity contribution is -0.128. The molecule has 0 fully saturated rings. The van der Waals surface area contributed by atoms with Gasteiger partial charge in [-0.1, -0.05) is 37.1 Å². The maximum absolute atomic E-state index is 12.5. The predicted octanol–water partition coefficient (Wildman–Crippen LogP) is 3.52. The van der Waals surface area contributed by atoms with E-state index in [-0.39, 0.29) is 41.7 Å². The molecular formula is C24H40O6. The number of hydrogen-bond acceptors (Lipinski definition) is 6. The molecule has 1 aliphatic rings. The first-order valence-corrected chi connectivity index (χ1v) is 10.8. The second-order valence-electron chi connectivity index (χ2n) is 8.62. The molecule has 172 valence electrons. The third kappa shape index (κ3) is 7.56. The smallest absolute Gasteiger partial charge is 0.204 e. The number of hydrogen-bond donors (Lipinski definition) is 3. The van der Waals surface area contributed by atoms with Crippen molar-refractivity contribution in [2.24, 2.45) is 17.8 Å². The lowest BCUT2D eigenvalue weighted by atomic mass is 9.77. The number of ketones is 1. The van der Waals surface area contributed by atoms with E-state index < -0.39 is 12.2 Å². The van der Waals surface area contributed by atoms with E-state index in [2.05, 4.69) is 19.1 Å². The SMILES string of the molecule is COC1=C(OC)[C@H](O)[C@H](C/C=C(\C)CC/C=C(\C)C[C@H](O)CC(C)CO)[C@@H](C)C1=O. The molecule has 0 amide bonds. The number of ether oxygens (including phenoxy) is 2. The van der Waals surface area contributed by atoms with Crippen LogP contribution in [0.4, 0.5) is 0 Å². The highest BCUT2D eigenvalue weighted by Crippen LogP contribution is 2.35. The number of aliphatic hydroxyl groups is 3. The molecule has 6 heteroatoms. The summed E-state index contributed by atoms with van der Waals surface area (Å²) < 4.78 is 10.4. The largest absolute Gasteiger partial charge is 0.494 e. The molecule has 0 saturated carbocycles. The highest BCUT2D eigenvalue weighted by molar-refractivity contribution is 5.97. The first kappa shape index (κ1) is 26.4. The van der Waals surface area contributed by atoms with Crippen LogP contribution in [0.3, 0.4) is 0 Å². The standard InChI is InChI=1S/C24H40O6/c1-15(8-7-9-16(2)12-19(26)13-17(3)14-25)10-11-20-18(4)21(27)23(29-5)24(30-6)22(20)28/h9-10,17-20,22,25-26,28H,7-8,11-14H2,1-6H3/b15-10+,16-9+/t17?,18-,19+,20-,22-/m1/s1. The van der Waals surface area contributed by atoms with Crippen molar-refractivity contribution in [2.45, 2.75) is 72.0 Å². The summed E-state index contributed by atoms with van der Waals surface area (Å²) in [4.78, 5) is 12.5. The molecular weight excluding hydrogens is 384 g/mol. The van der Waals surface area contributed by atoms with E-state index in [1.807, 2.05) is 20.8 Å². The molecule has 0 aromatic heterocycles. The Morgan fingerprint density at radius 3 is 2.40 bits per heavy atom. The van der Waals surface area contributed by atoms with Crippen molar-refractivity contribution in [1.82, 2.24) is 0 Å². The van der Waals surface area contributed by atoms with Crippen molar-refractivity contribution in [3.05, 3.63) is 34.8 Å². The fourth-order valence-corrected chi connectivity index (χ4v) is 3.94. The van der Waals surface area contributed by atoms with Gasteiger partial charge < -0.3 is 24.8 Å². The van der Waals surface area contributed by atoms with Gasteiger partial charge in [-0.05, 0) is 51.9 Å². The zero-order chi connectivity index (χ0) is 22.8. The number of Topliss-reactive ketones (excluding diaryl/α,β-unsaturated/α-hetero) is 1. The van der Waals surface area contributed by atoms with E-state index in [0.29, 0.717) is 19.3 Å². The maximum atomic E-state index is 12.5. The van der Waals surface area contributed by atoms with E-state index in [1.54, 1.807) is 0 Å². The van der Waals surface area contributed by atoms with Crippen molar-refractivity contribution >= 4 is 5.78 Å². The van der Waals surface area contributed by atoms with Crippen molar-refractivity contribution in [3.63, 3.8) is 0 Å². The second kappa shape index (κ2) is 12.9. The Balaban J connectivity index is 2.61. The monoisotopic (exact) mass is 424 g/mol. The topological polar surface area (TPSA) is 96.2 Å². The Labute approximate surface area is 181 Å². The minimum absolute atomic E-state index is 0.0954. The van der Waals surface area contributed by atoms with Crippen molar-refractivity contribution in [2.75, 3.05) is 20.8 Å². The molecule has 1 rings (SSSR count). The Kier molecular flexibility index (Phi) is 11.4. The molecule has 0 aliphatic heterocycles. The Bertz CT molecular complexity index is 648. The molecule has 30 heavy (non-hydrogen) atoms. The van der Waals surface area contributed by atoms with E-state index in [4.69, 9.17) is 14.6 Å². The predicted molar refractivity (Wildman–Crippen MR) is 118 cm³/mol. The van der Waals surface area contributed by atoms with Crippen LogP contribution in [0.25, 0.3) is 0 Å². The van der Waals surface area contributed by atoms with Crippen LogP contribution < -0.4 is 0 Å². The maximum Gasteiger partial charge on any atom is 0.204 e. The van der Waals surface area contributed by atoms with Crippen LogP contribution >= 0.6 is 0 Å². The van der Waals surface area contributed by atoms with E-state index in [9.17, 15) is 15.0 Å². The molecule has 0 aromatic rings. The molecule has 3 N–H and O–H groups in total. The van der Waals surface area contributed by atoms with Crippen molar-refractivity contribution in [3.8, 4) is 0 Å². The van der Waals surface area contributed by atoms with Crippen LogP contribution in [0.5, 0.6) is 0 Å². The van der Waals surface area contributed by atoms with Gasteiger partial charge in [-0.3, -0.25) is 4.79 Å². The number of allylic oxidation sites excluding steroid dienone is 4. The highest BCUT2D eigenvalue weighted by Gasteiger charge is 2.42. The van der Waals surface area contributed by atoms with Crippen molar-refractivity contribution in [1.29, 1.82) is 0 Å². The molecule has 0 radical (unpaired) electrons. The molecule has 0 aromatic carbocycles. The molecule has 0 spiro atoms. The van der Waals surface area contributed by atoms with Gasteiger partial charge in [0.05, 0.1) is 20.3 Å². The number of rotatable bonds is 12. The van der Waals surface area contributed by atoms with Crippen LogP contribution in [-0.4, -0.2) is 54.1 Å². The van der Waals surface area contributed by atoms with Gasteiger partial charge in [-0.15, -0.1) is 0 Å². The van der Waals surface area contributed by atoms with Crippen LogP contribution in [0.2, 0.25) is 0 Å². The summed E-state index contributed by atoms with van der Waals surface area (Å²) >= 11 is 0. The molecule has 0 saturated heterocycles. The lowest BCUT2D eigenvalue weighted by Crippen LogP contribution is -2.40. The summed E-state index contributed by atoms with van der Waals surface area (Å²) in [7, 11) is 2.85. The van der Waals surface area contributed by atoms with E-state index >= 15 is 0 Å². The van der Waals surface area contributed by atoms with Crippen LogP contribution in [0.1, 0.15) is 59.8 Å². The van der Waals surface area contributed by atoms with Gasteiger partial charge in [0.2, 0.25) is 11.5 Å². The Morgan fingerprint density at radius 1 is 1.17 bits per heavy atom. The first-order valence-electron chi connectivity index (χ1n) is 10.8. The molecule has 6 nitrogen and oxygen atoms in total. The average molecular weight is 425 g/mol. The van der Waals surface area contributed by atoms with Crippen molar-refractivity contribution < 1.29 is 29.6 Å². The van der Waals surface area contributed by atoms with Crippen LogP contribution in [-0.2, 0) is 14.3 Å². The summed E-state index contributed by atoms with van der Waals surface area (Å²) in [6.07, 6.45) is 6.49. The zero-order valence-electron chi connectivity index (χ0n) is 19.4. The van der Waals surface area contributed by atoms with Gasteiger partial charge >= 0.3 is 0 Å². The normalized spacial score (nSPS) is 25.4. The van der Waals surface area contributed by atoms with Gasteiger partial charge in [0.1, 0.15) is 6.10 Å². The fraction of sp³-hybridized carbons (Fsp3) is 0.708. The van der Waals surface area contributed by atoms with Gasteiger partial charge in [0, 0.05) is 18.4 Å². The number of methoxy groups -OCH3 is 2. The summed E-state index contributed by atoms with van der Waals surface area (Å²) in [6.45, 7) is 7.91. The second-order valence-corrected chi connectivity index (χ2v) is 8.62. The summed E-state index contributed by atoms with van der Waals surface area (Å²) in [6, 6.07) is 0. The zero-order valence-corrected chi connectivity index (χ0v) is 19.4. The molecule has 0 bridgehead atoms. The summed E-state index contributed by atoms with van der Waals surface area (Å²) in [5.41, 5.74) is 2.34. The quantitative estimate of drug-likeness (QED) is 0.415. The number of aliphatic hydroxyl groups excluding tert-OH is 3. The third-order valence-electron chi connectivity index (χ3n) is 5.92. The first-order chi connectivity index (χ1) is 14.2. The minimum atomic E-state index is -0.869. The van der Waals surface area contributed by atoms with Crippen LogP contribution in [0, 0.1) is 17.8 Å². The molecule has 1 aliphatic carbocycles. The van der Waals surface area contributed by atoms with Gasteiger partial charge in [0.15, 0.2) is 5.76 Å².